The first-order chi connectivity index (χ1) is 7.83. The Kier molecular flexibility index (Phi) is 4.34. The molecule has 4 N–H and O–H groups in total. The zero-order valence-corrected chi connectivity index (χ0v) is 9.05. The van der Waals surface area contributed by atoms with Crippen molar-refractivity contribution in [3.8, 4) is 0 Å². The highest BCUT2D eigenvalue weighted by Gasteiger charge is 2.61. The van der Waals surface area contributed by atoms with Gasteiger partial charge in [0.2, 0.25) is 5.91 Å². The third kappa shape index (κ3) is 2.88. The van der Waals surface area contributed by atoms with Crippen molar-refractivity contribution in [2.45, 2.75) is 18.7 Å². The number of rotatable bonds is 4. The topological polar surface area (TPSA) is 81.6 Å². The van der Waals surface area contributed by atoms with E-state index < -0.39 is 43.3 Å². The molecule has 1 heterocycles. The molecular weight excluding hydrogens is 241 g/mol. The third-order valence-electron chi connectivity index (χ3n) is 2.84. The maximum absolute atomic E-state index is 12.9. The molecule has 1 aliphatic heterocycles. The van der Waals surface area contributed by atoms with Crippen molar-refractivity contribution in [3.05, 3.63) is 0 Å². The lowest BCUT2D eigenvalue weighted by molar-refractivity contribution is -0.216. The second-order valence-electron chi connectivity index (χ2n) is 4.05. The summed E-state index contributed by atoms with van der Waals surface area (Å²) in [7, 11) is 0. The largest absolute Gasteiger partial charge is 0.404 e. The van der Waals surface area contributed by atoms with Crippen molar-refractivity contribution in [3.63, 3.8) is 0 Å². The predicted octanol–water partition coefficient (Wildman–Crippen LogP) is -1.00. The predicted molar refractivity (Wildman–Crippen MR) is 52.1 cm³/mol. The summed E-state index contributed by atoms with van der Waals surface area (Å²) in [5.74, 6) is -1.16. The number of halogens is 3. The Balaban J connectivity index is 2.69. The van der Waals surface area contributed by atoms with Gasteiger partial charge in [-0.25, -0.2) is 0 Å². The van der Waals surface area contributed by atoms with Gasteiger partial charge in [-0.2, -0.15) is 13.2 Å². The number of hydrogen-bond acceptors (Lipinski definition) is 4. The minimum atomic E-state index is -4.63. The van der Waals surface area contributed by atoms with Gasteiger partial charge in [-0.3, -0.25) is 4.79 Å². The summed E-state index contributed by atoms with van der Waals surface area (Å²) in [5, 5.41) is 22.0. The average Bonchev–Trinajstić information content (AvgIpc) is 2.74. The first-order valence-corrected chi connectivity index (χ1v) is 5.18. The maximum atomic E-state index is 12.9. The van der Waals surface area contributed by atoms with Gasteiger partial charge in [0.25, 0.3) is 0 Å². The van der Waals surface area contributed by atoms with Crippen LogP contribution in [0.2, 0.25) is 0 Å². The first kappa shape index (κ1) is 14.2. The molecule has 1 fully saturated rings. The summed E-state index contributed by atoms with van der Waals surface area (Å²) in [6.45, 7) is -1.35. The first-order valence-electron chi connectivity index (χ1n) is 5.18. The van der Waals surface area contributed by atoms with Crippen LogP contribution in [0.5, 0.6) is 0 Å². The van der Waals surface area contributed by atoms with Crippen LogP contribution >= 0.6 is 0 Å². The molecule has 1 aliphatic rings. The molecule has 2 unspecified atom stereocenters. The van der Waals surface area contributed by atoms with E-state index >= 15 is 0 Å². The molecule has 0 saturated carbocycles. The van der Waals surface area contributed by atoms with Crippen molar-refractivity contribution in [1.82, 2.24) is 10.6 Å². The fourth-order valence-corrected chi connectivity index (χ4v) is 1.70. The molecule has 0 radical (unpaired) electrons. The highest BCUT2D eigenvalue weighted by molar-refractivity contribution is 5.84. The molecule has 0 bridgehead atoms. The molecule has 2 atom stereocenters. The van der Waals surface area contributed by atoms with Crippen molar-refractivity contribution >= 4 is 5.91 Å². The monoisotopic (exact) mass is 256 g/mol. The van der Waals surface area contributed by atoms with Gasteiger partial charge in [-0.05, 0) is 13.0 Å². The molecule has 0 aromatic heterocycles. The summed E-state index contributed by atoms with van der Waals surface area (Å²) >= 11 is 0. The molecule has 8 heteroatoms. The van der Waals surface area contributed by atoms with Crippen LogP contribution in [0.3, 0.4) is 0 Å². The Morgan fingerprint density at radius 2 is 2.18 bits per heavy atom. The summed E-state index contributed by atoms with van der Waals surface area (Å²) < 4.78 is 38.6. The Morgan fingerprint density at radius 1 is 1.53 bits per heavy atom. The zero-order chi connectivity index (χ0) is 13.1. The van der Waals surface area contributed by atoms with Crippen LogP contribution in [-0.2, 0) is 4.79 Å². The summed E-state index contributed by atoms with van der Waals surface area (Å²) in [6, 6.07) is 0. The number of aliphatic hydroxyl groups is 2. The van der Waals surface area contributed by atoms with Gasteiger partial charge in [0.05, 0.1) is 12.7 Å². The van der Waals surface area contributed by atoms with E-state index in [0.29, 0.717) is 0 Å². The molecule has 0 aromatic carbocycles. The quantitative estimate of drug-likeness (QED) is 0.520. The molecule has 5 nitrogen and oxygen atoms in total. The summed E-state index contributed by atoms with van der Waals surface area (Å²) in [5.41, 5.74) is -2.43. The van der Waals surface area contributed by atoms with E-state index in [4.69, 9.17) is 10.2 Å². The van der Waals surface area contributed by atoms with Crippen LogP contribution in [0, 0.1) is 5.41 Å². The van der Waals surface area contributed by atoms with Crippen LogP contribution in [0.1, 0.15) is 6.42 Å². The van der Waals surface area contributed by atoms with Crippen LogP contribution < -0.4 is 10.6 Å². The number of carbonyl (C=O) groups is 1. The number of amides is 1. The normalized spacial score (nSPS) is 26.9. The van der Waals surface area contributed by atoms with Crippen LogP contribution in [0.15, 0.2) is 0 Å². The van der Waals surface area contributed by atoms with Crippen molar-refractivity contribution in [1.29, 1.82) is 0 Å². The van der Waals surface area contributed by atoms with Gasteiger partial charge in [0, 0.05) is 13.1 Å². The Labute approximate surface area is 96.0 Å². The molecule has 1 amide bonds. The minimum absolute atomic E-state index is 0.121. The lowest BCUT2D eigenvalue weighted by Gasteiger charge is -2.29. The van der Waals surface area contributed by atoms with E-state index in [0.717, 1.165) is 0 Å². The molecule has 1 rings (SSSR count). The lowest BCUT2D eigenvalue weighted by Crippen LogP contribution is -2.53. The van der Waals surface area contributed by atoms with E-state index in [1.807, 2.05) is 5.32 Å². The Morgan fingerprint density at radius 3 is 2.59 bits per heavy atom. The number of aliphatic hydroxyl groups excluding tert-OH is 2. The molecular formula is C9H15F3N2O3. The van der Waals surface area contributed by atoms with Gasteiger partial charge in [0.1, 0.15) is 0 Å². The minimum Gasteiger partial charge on any atom is -0.394 e. The fraction of sp³-hybridized carbons (Fsp3) is 0.889. The smallest absolute Gasteiger partial charge is 0.394 e. The standard InChI is InChI=1S/C9H15F3N2O3/c10-9(11,12)8(1-2-13-5-8)7(17)14-3-6(16)4-15/h6,13,15-16H,1-5H2,(H,14,17). The summed E-state index contributed by atoms with van der Waals surface area (Å²) in [6.07, 6.45) is -6.21. The van der Waals surface area contributed by atoms with Gasteiger partial charge >= 0.3 is 6.18 Å². The third-order valence-corrected chi connectivity index (χ3v) is 2.84. The average molecular weight is 256 g/mol. The highest BCUT2D eigenvalue weighted by atomic mass is 19.4. The number of nitrogens with one attached hydrogen (secondary N) is 2. The molecule has 0 aliphatic carbocycles. The second kappa shape index (κ2) is 5.19. The lowest BCUT2D eigenvalue weighted by atomic mass is 9.85. The second-order valence-corrected chi connectivity index (χ2v) is 4.05. The molecule has 100 valence electrons. The SMILES string of the molecule is O=C(NCC(O)CO)C1(C(F)(F)F)CCNC1. The van der Waals surface area contributed by atoms with E-state index in [1.165, 1.54) is 0 Å². The van der Waals surface area contributed by atoms with E-state index in [1.54, 1.807) is 0 Å². The summed E-state index contributed by atoms with van der Waals surface area (Å²) in [4.78, 5) is 11.6. The zero-order valence-electron chi connectivity index (χ0n) is 9.05. The number of hydrogen-bond donors (Lipinski definition) is 4. The van der Waals surface area contributed by atoms with Gasteiger partial charge < -0.3 is 20.8 Å². The van der Waals surface area contributed by atoms with E-state index in [9.17, 15) is 18.0 Å². The van der Waals surface area contributed by atoms with E-state index in [2.05, 4.69) is 5.32 Å². The maximum Gasteiger partial charge on any atom is 0.404 e. The van der Waals surface area contributed by atoms with Crippen LogP contribution in [0.4, 0.5) is 13.2 Å². The number of alkyl halides is 3. The fourth-order valence-electron chi connectivity index (χ4n) is 1.70. The number of carbonyl (C=O) groups excluding carboxylic acids is 1. The van der Waals surface area contributed by atoms with Crippen LogP contribution in [0.25, 0.3) is 0 Å². The van der Waals surface area contributed by atoms with Crippen molar-refractivity contribution in [2.75, 3.05) is 26.2 Å². The van der Waals surface area contributed by atoms with Crippen LogP contribution in [-0.4, -0.2) is 54.6 Å². The Bertz CT molecular complexity index is 277. The molecule has 17 heavy (non-hydrogen) atoms. The van der Waals surface area contributed by atoms with Crippen molar-refractivity contribution in [2.24, 2.45) is 5.41 Å². The molecule has 1 saturated heterocycles. The van der Waals surface area contributed by atoms with Gasteiger partial charge in [-0.1, -0.05) is 0 Å². The molecule has 0 aromatic rings. The van der Waals surface area contributed by atoms with E-state index in [-0.39, 0.29) is 13.0 Å². The van der Waals surface area contributed by atoms with Gasteiger partial charge in [-0.15, -0.1) is 0 Å². The Hall–Kier alpha value is -0.860. The molecule has 0 spiro atoms. The highest BCUT2D eigenvalue weighted by Crippen LogP contribution is 2.43. The van der Waals surface area contributed by atoms with Crippen molar-refractivity contribution < 1.29 is 28.2 Å². The van der Waals surface area contributed by atoms with Gasteiger partial charge in [0.15, 0.2) is 5.41 Å².